The molecule has 1 unspecified atom stereocenters. The molecule has 0 aliphatic carbocycles. The van der Waals surface area contributed by atoms with Crippen LogP contribution in [-0.4, -0.2) is 12.5 Å². The molecular formula is C16H17F3N4O. The van der Waals surface area contributed by atoms with Gasteiger partial charge in [-0.15, -0.1) is 0 Å². The van der Waals surface area contributed by atoms with Gasteiger partial charge in [0.25, 0.3) is 5.91 Å². The Morgan fingerprint density at radius 1 is 1.12 bits per heavy atom. The van der Waals surface area contributed by atoms with Crippen LogP contribution in [0.4, 0.5) is 18.9 Å². The number of alkyl halides is 3. The molecule has 2 aromatic rings. The molecule has 6 N–H and O–H groups in total. The predicted octanol–water partition coefficient (Wildman–Crippen LogP) is 2.22. The Morgan fingerprint density at radius 2 is 1.79 bits per heavy atom. The van der Waals surface area contributed by atoms with Crippen molar-refractivity contribution < 1.29 is 18.0 Å². The second-order valence-corrected chi connectivity index (χ2v) is 5.09. The average molecular weight is 338 g/mol. The number of rotatable bonds is 5. The van der Waals surface area contributed by atoms with E-state index in [4.69, 9.17) is 11.5 Å². The summed E-state index contributed by atoms with van der Waals surface area (Å²) in [5, 5.41) is 0. The number of anilines is 1. The number of benzene rings is 2. The molecule has 1 atom stereocenters. The third-order valence-corrected chi connectivity index (χ3v) is 3.42. The minimum Gasteiger partial charge on any atom is -0.398 e. The molecule has 5 nitrogen and oxygen atoms in total. The topological polar surface area (TPSA) is 93.2 Å². The van der Waals surface area contributed by atoms with Crippen molar-refractivity contribution in [3.8, 4) is 0 Å². The van der Waals surface area contributed by atoms with Crippen molar-refractivity contribution in [1.82, 2.24) is 10.9 Å². The smallest absolute Gasteiger partial charge is 0.398 e. The van der Waals surface area contributed by atoms with Crippen molar-refractivity contribution in [2.24, 2.45) is 5.73 Å². The van der Waals surface area contributed by atoms with Crippen molar-refractivity contribution in [2.45, 2.75) is 12.2 Å². The molecule has 0 fully saturated rings. The molecule has 0 heterocycles. The molecule has 0 aliphatic heterocycles. The molecule has 0 saturated carbocycles. The molecule has 24 heavy (non-hydrogen) atoms. The first-order valence-corrected chi connectivity index (χ1v) is 7.10. The summed E-state index contributed by atoms with van der Waals surface area (Å²) in [5.74, 6) is -0.389. The van der Waals surface area contributed by atoms with Gasteiger partial charge in [0.05, 0.1) is 11.6 Å². The van der Waals surface area contributed by atoms with Crippen molar-refractivity contribution in [3.63, 3.8) is 0 Å². The summed E-state index contributed by atoms with van der Waals surface area (Å²) in [6, 6.07) is 10.8. The van der Waals surface area contributed by atoms with E-state index in [1.807, 2.05) is 0 Å². The lowest BCUT2D eigenvalue weighted by molar-refractivity contribution is -0.137. The molecule has 0 aliphatic rings. The van der Waals surface area contributed by atoms with Crippen molar-refractivity contribution in [3.05, 3.63) is 65.2 Å². The lowest BCUT2D eigenvalue weighted by Gasteiger charge is -2.20. The van der Waals surface area contributed by atoms with Gasteiger partial charge in [-0.2, -0.15) is 13.2 Å². The Morgan fingerprint density at radius 3 is 2.33 bits per heavy atom. The zero-order chi connectivity index (χ0) is 17.7. The number of hydrogen-bond acceptors (Lipinski definition) is 4. The molecule has 0 saturated heterocycles. The maximum Gasteiger partial charge on any atom is 0.416 e. The maximum absolute atomic E-state index is 12.7. The van der Waals surface area contributed by atoms with Crippen LogP contribution in [0.3, 0.4) is 0 Å². The Balaban J connectivity index is 2.10. The number of carbonyl (C=O) groups excluding carboxylic acids is 1. The first-order chi connectivity index (χ1) is 11.3. The number of amides is 1. The van der Waals surface area contributed by atoms with E-state index < -0.39 is 17.8 Å². The fourth-order valence-corrected chi connectivity index (χ4v) is 2.15. The molecule has 128 valence electrons. The highest BCUT2D eigenvalue weighted by molar-refractivity contribution is 5.93. The van der Waals surface area contributed by atoms with E-state index in [-0.39, 0.29) is 18.1 Å². The zero-order valence-electron chi connectivity index (χ0n) is 12.6. The number of carbonyl (C=O) groups is 1. The van der Waals surface area contributed by atoms with Crippen molar-refractivity contribution >= 4 is 11.6 Å². The highest BCUT2D eigenvalue weighted by Crippen LogP contribution is 2.32. The predicted molar refractivity (Wildman–Crippen MR) is 84.7 cm³/mol. The lowest BCUT2D eigenvalue weighted by Crippen LogP contribution is -2.42. The summed E-state index contributed by atoms with van der Waals surface area (Å²) in [6.45, 7) is 0.0324. The summed E-state index contributed by atoms with van der Waals surface area (Å²) >= 11 is 0. The molecule has 0 spiro atoms. The Hall–Kier alpha value is -2.58. The van der Waals surface area contributed by atoms with Gasteiger partial charge < -0.3 is 11.5 Å². The van der Waals surface area contributed by atoms with Gasteiger partial charge in [-0.1, -0.05) is 24.3 Å². The van der Waals surface area contributed by atoms with E-state index in [9.17, 15) is 18.0 Å². The van der Waals surface area contributed by atoms with E-state index in [1.54, 1.807) is 30.3 Å². The average Bonchev–Trinajstić information content (AvgIpc) is 2.56. The first-order valence-electron chi connectivity index (χ1n) is 7.10. The van der Waals surface area contributed by atoms with Gasteiger partial charge >= 0.3 is 6.18 Å². The minimum absolute atomic E-state index is 0.0324. The highest BCUT2D eigenvalue weighted by atomic mass is 19.4. The third-order valence-electron chi connectivity index (χ3n) is 3.42. The second kappa shape index (κ2) is 7.33. The number of hydrogen-bond donors (Lipinski definition) is 4. The molecule has 8 heteroatoms. The van der Waals surface area contributed by atoms with Crippen LogP contribution < -0.4 is 22.3 Å². The highest BCUT2D eigenvalue weighted by Gasteiger charge is 2.31. The summed E-state index contributed by atoms with van der Waals surface area (Å²) in [6.07, 6.45) is -4.47. The van der Waals surface area contributed by atoms with Crippen LogP contribution in [-0.2, 0) is 6.18 Å². The summed E-state index contributed by atoms with van der Waals surface area (Å²) in [7, 11) is 0. The number of nitrogens with two attached hydrogens (primary N) is 2. The molecule has 1 amide bonds. The van der Waals surface area contributed by atoms with E-state index in [2.05, 4.69) is 10.9 Å². The fraction of sp³-hybridized carbons (Fsp3) is 0.188. The molecule has 0 radical (unpaired) electrons. The maximum atomic E-state index is 12.7. The van der Waals surface area contributed by atoms with Gasteiger partial charge in [-0.3, -0.25) is 10.2 Å². The van der Waals surface area contributed by atoms with E-state index in [1.165, 1.54) is 6.07 Å². The number of nitrogen functional groups attached to an aromatic ring is 1. The largest absolute Gasteiger partial charge is 0.416 e. The first kappa shape index (κ1) is 17.8. The quantitative estimate of drug-likeness (QED) is 0.497. The Kier molecular flexibility index (Phi) is 5.42. The van der Waals surface area contributed by atoms with E-state index >= 15 is 0 Å². The Labute approximate surface area is 136 Å². The van der Waals surface area contributed by atoms with Gasteiger partial charge in [-0.05, 0) is 29.8 Å². The van der Waals surface area contributed by atoms with Gasteiger partial charge in [0.2, 0.25) is 0 Å². The standard InChI is InChI=1S/C16H17F3N4O/c17-16(18,19)11-6-7-12(13(21)8-11)14(9-20)22-23-15(24)10-4-2-1-3-5-10/h1-8,14,22H,9,20-21H2,(H,23,24). The van der Waals surface area contributed by atoms with Crippen LogP contribution in [0.2, 0.25) is 0 Å². The van der Waals surface area contributed by atoms with Crippen LogP contribution >= 0.6 is 0 Å². The second-order valence-electron chi connectivity index (χ2n) is 5.09. The molecule has 2 aromatic carbocycles. The molecule has 0 aromatic heterocycles. The SMILES string of the molecule is NCC(NNC(=O)c1ccccc1)c1ccc(C(F)(F)F)cc1N. The van der Waals surface area contributed by atoms with Crippen LogP contribution in [0.5, 0.6) is 0 Å². The number of hydrazine groups is 1. The zero-order valence-corrected chi connectivity index (χ0v) is 12.6. The lowest BCUT2D eigenvalue weighted by atomic mass is 10.0. The van der Waals surface area contributed by atoms with Gasteiger partial charge in [0, 0.05) is 17.8 Å². The monoisotopic (exact) mass is 338 g/mol. The normalized spacial score (nSPS) is 12.7. The van der Waals surface area contributed by atoms with Crippen molar-refractivity contribution in [1.29, 1.82) is 0 Å². The fourth-order valence-electron chi connectivity index (χ4n) is 2.15. The summed E-state index contributed by atoms with van der Waals surface area (Å²) in [5.41, 5.74) is 16.4. The molecule has 2 rings (SSSR count). The molecular weight excluding hydrogens is 321 g/mol. The minimum atomic E-state index is -4.47. The summed E-state index contributed by atoms with van der Waals surface area (Å²) in [4.78, 5) is 12.0. The Bertz CT molecular complexity index is 704. The van der Waals surface area contributed by atoms with Gasteiger partial charge in [-0.25, -0.2) is 5.43 Å². The van der Waals surface area contributed by atoms with Gasteiger partial charge in [0.1, 0.15) is 0 Å². The number of nitrogens with one attached hydrogen (secondary N) is 2. The van der Waals surface area contributed by atoms with Crippen LogP contribution in [0, 0.1) is 0 Å². The van der Waals surface area contributed by atoms with E-state index in [0.29, 0.717) is 11.1 Å². The van der Waals surface area contributed by atoms with Crippen LogP contribution in [0.25, 0.3) is 0 Å². The number of halogens is 3. The third kappa shape index (κ3) is 4.24. The van der Waals surface area contributed by atoms with Crippen molar-refractivity contribution in [2.75, 3.05) is 12.3 Å². The van der Waals surface area contributed by atoms with Crippen LogP contribution in [0.1, 0.15) is 27.5 Å². The molecule has 0 bridgehead atoms. The van der Waals surface area contributed by atoms with Crippen LogP contribution in [0.15, 0.2) is 48.5 Å². The van der Waals surface area contributed by atoms with E-state index in [0.717, 1.165) is 12.1 Å². The van der Waals surface area contributed by atoms with Gasteiger partial charge in [0.15, 0.2) is 0 Å². The summed E-state index contributed by atoms with van der Waals surface area (Å²) < 4.78 is 38.0.